The lowest BCUT2D eigenvalue weighted by Crippen LogP contribution is -2.38. The van der Waals surface area contributed by atoms with Gasteiger partial charge in [-0.2, -0.15) is 5.26 Å². The lowest BCUT2D eigenvalue weighted by Gasteiger charge is -2.18. The molecule has 0 amide bonds. The molecule has 2 rings (SSSR count). The lowest BCUT2D eigenvalue weighted by molar-refractivity contribution is 0.213. The van der Waals surface area contributed by atoms with Gasteiger partial charge in [-0.1, -0.05) is 6.42 Å². The minimum Gasteiger partial charge on any atom is -0.396 e. The predicted molar refractivity (Wildman–Crippen MR) is 69.7 cm³/mol. The van der Waals surface area contributed by atoms with E-state index in [0.717, 1.165) is 19.3 Å². The molecular weight excluding hydrogens is 264 g/mol. The van der Waals surface area contributed by atoms with Crippen molar-refractivity contribution < 1.29 is 13.5 Å². The zero-order valence-electron chi connectivity index (χ0n) is 10.4. The van der Waals surface area contributed by atoms with Crippen LogP contribution in [0.5, 0.6) is 0 Å². The standard InChI is InChI=1S/C13H16N2O3S/c14-8-10-4-6-12(7-5-10)19(17,18)15-13-3-1-2-11(13)9-16/h4-7,11,13,15-16H,1-3,9H2. The first-order chi connectivity index (χ1) is 9.06. The Balaban J connectivity index is 2.15. The van der Waals surface area contributed by atoms with Gasteiger partial charge in [0.1, 0.15) is 0 Å². The average Bonchev–Trinajstić information content (AvgIpc) is 2.85. The van der Waals surface area contributed by atoms with Crippen LogP contribution < -0.4 is 4.72 Å². The van der Waals surface area contributed by atoms with Crippen molar-refractivity contribution in [1.29, 1.82) is 5.26 Å². The van der Waals surface area contributed by atoms with Gasteiger partial charge in [-0.05, 0) is 43.0 Å². The van der Waals surface area contributed by atoms with E-state index in [4.69, 9.17) is 5.26 Å². The zero-order chi connectivity index (χ0) is 13.9. The monoisotopic (exact) mass is 280 g/mol. The molecule has 0 spiro atoms. The number of hydrogen-bond donors (Lipinski definition) is 2. The van der Waals surface area contributed by atoms with Crippen molar-refractivity contribution in [1.82, 2.24) is 4.72 Å². The van der Waals surface area contributed by atoms with Gasteiger partial charge < -0.3 is 5.11 Å². The highest BCUT2D eigenvalue weighted by molar-refractivity contribution is 7.89. The second-order valence-electron chi connectivity index (χ2n) is 4.74. The molecule has 1 aliphatic carbocycles. The molecule has 1 aromatic rings. The van der Waals surface area contributed by atoms with Gasteiger partial charge in [-0.15, -0.1) is 0 Å². The second kappa shape index (κ2) is 5.70. The molecule has 0 saturated heterocycles. The highest BCUT2D eigenvalue weighted by Gasteiger charge is 2.30. The first-order valence-electron chi connectivity index (χ1n) is 6.20. The molecule has 19 heavy (non-hydrogen) atoms. The zero-order valence-corrected chi connectivity index (χ0v) is 11.2. The summed E-state index contributed by atoms with van der Waals surface area (Å²) in [6.07, 6.45) is 2.52. The molecule has 0 bridgehead atoms. The van der Waals surface area contributed by atoms with E-state index >= 15 is 0 Å². The summed E-state index contributed by atoms with van der Waals surface area (Å²) in [7, 11) is -3.58. The molecule has 1 saturated carbocycles. The quantitative estimate of drug-likeness (QED) is 0.860. The van der Waals surface area contributed by atoms with Crippen LogP contribution >= 0.6 is 0 Å². The van der Waals surface area contributed by atoms with E-state index in [0.29, 0.717) is 5.56 Å². The Kier molecular flexibility index (Phi) is 4.20. The summed E-state index contributed by atoms with van der Waals surface area (Å²) in [5.74, 6) is -0.00634. The van der Waals surface area contributed by atoms with Gasteiger partial charge >= 0.3 is 0 Å². The third kappa shape index (κ3) is 3.13. The van der Waals surface area contributed by atoms with Gasteiger partial charge in [-0.3, -0.25) is 0 Å². The maximum absolute atomic E-state index is 12.2. The van der Waals surface area contributed by atoms with Crippen molar-refractivity contribution >= 4 is 10.0 Å². The van der Waals surface area contributed by atoms with Crippen molar-refractivity contribution in [3.05, 3.63) is 29.8 Å². The van der Waals surface area contributed by atoms with Gasteiger partial charge in [-0.25, -0.2) is 13.1 Å². The Hall–Kier alpha value is -1.42. The Morgan fingerprint density at radius 3 is 2.58 bits per heavy atom. The fraction of sp³-hybridized carbons (Fsp3) is 0.462. The Morgan fingerprint density at radius 1 is 1.32 bits per heavy atom. The predicted octanol–water partition coefficient (Wildman–Crippen LogP) is 0.998. The second-order valence-corrected chi connectivity index (χ2v) is 6.45. The molecule has 0 aromatic heterocycles. The summed E-state index contributed by atoms with van der Waals surface area (Å²) >= 11 is 0. The average molecular weight is 280 g/mol. The summed E-state index contributed by atoms with van der Waals surface area (Å²) in [5, 5.41) is 17.9. The minimum absolute atomic E-state index is 0.000552. The number of benzene rings is 1. The van der Waals surface area contributed by atoms with Crippen molar-refractivity contribution in [2.75, 3.05) is 6.61 Å². The molecule has 1 fully saturated rings. The Morgan fingerprint density at radius 2 is 2.00 bits per heavy atom. The summed E-state index contributed by atoms with van der Waals surface area (Å²) in [6.45, 7) is 0.000552. The van der Waals surface area contributed by atoms with Crippen LogP contribution in [0.4, 0.5) is 0 Å². The number of aliphatic hydroxyl groups is 1. The van der Waals surface area contributed by atoms with Crippen molar-refractivity contribution in [2.45, 2.75) is 30.2 Å². The van der Waals surface area contributed by atoms with Crippen LogP contribution in [0, 0.1) is 17.2 Å². The fourth-order valence-corrected chi connectivity index (χ4v) is 3.73. The molecular formula is C13H16N2O3S. The van der Waals surface area contributed by atoms with Gasteiger partial charge in [0.25, 0.3) is 0 Å². The van der Waals surface area contributed by atoms with Crippen LogP contribution in [0.15, 0.2) is 29.2 Å². The van der Waals surface area contributed by atoms with E-state index in [1.165, 1.54) is 24.3 Å². The van der Waals surface area contributed by atoms with E-state index < -0.39 is 10.0 Å². The van der Waals surface area contributed by atoms with Crippen LogP contribution in [0.25, 0.3) is 0 Å². The van der Waals surface area contributed by atoms with E-state index in [1.807, 2.05) is 6.07 Å². The maximum Gasteiger partial charge on any atom is 0.240 e. The highest BCUT2D eigenvalue weighted by atomic mass is 32.2. The lowest BCUT2D eigenvalue weighted by atomic mass is 10.1. The maximum atomic E-state index is 12.2. The van der Waals surface area contributed by atoms with E-state index in [9.17, 15) is 13.5 Å². The third-order valence-electron chi connectivity index (χ3n) is 3.49. The number of aliphatic hydroxyl groups excluding tert-OH is 1. The minimum atomic E-state index is -3.58. The molecule has 2 atom stereocenters. The number of sulfonamides is 1. The molecule has 1 aliphatic rings. The summed E-state index contributed by atoms with van der Waals surface area (Å²) in [5.41, 5.74) is 0.424. The van der Waals surface area contributed by atoms with Crippen LogP contribution in [0.1, 0.15) is 24.8 Å². The molecule has 5 nitrogen and oxygen atoms in total. The topological polar surface area (TPSA) is 90.2 Å². The molecule has 0 heterocycles. The fourth-order valence-electron chi connectivity index (χ4n) is 2.39. The van der Waals surface area contributed by atoms with E-state index in [2.05, 4.69) is 4.72 Å². The van der Waals surface area contributed by atoms with Crippen molar-refractivity contribution in [3.63, 3.8) is 0 Å². The molecule has 0 aliphatic heterocycles. The van der Waals surface area contributed by atoms with E-state index in [-0.39, 0.29) is 23.5 Å². The summed E-state index contributed by atoms with van der Waals surface area (Å²) < 4.78 is 27.0. The highest BCUT2D eigenvalue weighted by Crippen LogP contribution is 2.26. The number of nitrogens with one attached hydrogen (secondary N) is 1. The Labute approximate surface area is 112 Å². The number of hydrogen-bond acceptors (Lipinski definition) is 4. The molecule has 2 N–H and O–H groups in total. The molecule has 0 radical (unpaired) electrons. The Bertz CT molecular complexity index is 575. The van der Waals surface area contributed by atoms with Gasteiger partial charge in [0.05, 0.1) is 16.5 Å². The van der Waals surface area contributed by atoms with Gasteiger partial charge in [0.15, 0.2) is 0 Å². The summed E-state index contributed by atoms with van der Waals surface area (Å²) in [4.78, 5) is 0.148. The molecule has 2 unspecified atom stereocenters. The van der Waals surface area contributed by atoms with Crippen LogP contribution in [0.3, 0.4) is 0 Å². The SMILES string of the molecule is N#Cc1ccc(S(=O)(=O)NC2CCCC2CO)cc1. The first-order valence-corrected chi connectivity index (χ1v) is 7.68. The van der Waals surface area contributed by atoms with Crippen molar-refractivity contribution in [3.8, 4) is 6.07 Å². The largest absolute Gasteiger partial charge is 0.396 e. The third-order valence-corrected chi connectivity index (χ3v) is 5.00. The number of nitriles is 1. The summed E-state index contributed by atoms with van der Waals surface area (Å²) in [6, 6.07) is 7.54. The van der Waals surface area contributed by atoms with Crippen LogP contribution in [-0.2, 0) is 10.0 Å². The normalized spacial score (nSPS) is 23.2. The van der Waals surface area contributed by atoms with Gasteiger partial charge in [0, 0.05) is 12.6 Å². The molecule has 102 valence electrons. The number of rotatable bonds is 4. The molecule has 1 aromatic carbocycles. The van der Waals surface area contributed by atoms with Gasteiger partial charge in [0.2, 0.25) is 10.0 Å². The number of nitrogens with zero attached hydrogens (tertiary/aromatic N) is 1. The van der Waals surface area contributed by atoms with Crippen LogP contribution in [-0.4, -0.2) is 26.2 Å². The van der Waals surface area contributed by atoms with Crippen molar-refractivity contribution in [2.24, 2.45) is 5.92 Å². The smallest absolute Gasteiger partial charge is 0.240 e. The van der Waals surface area contributed by atoms with E-state index in [1.54, 1.807) is 0 Å². The molecule has 6 heteroatoms. The van der Waals surface area contributed by atoms with Crippen LogP contribution in [0.2, 0.25) is 0 Å². The first kappa shape index (κ1) is 14.0.